The van der Waals surface area contributed by atoms with E-state index in [-0.39, 0.29) is 16.7 Å². The van der Waals surface area contributed by atoms with Gasteiger partial charge in [0.25, 0.3) is 5.69 Å². The molecular formula is C17H24N2O3. The number of likely N-dealkylation sites (N-methyl/N-ethyl adjacent to an activating group) is 1. The van der Waals surface area contributed by atoms with Crippen LogP contribution in [0.3, 0.4) is 0 Å². The van der Waals surface area contributed by atoms with Crippen molar-refractivity contribution in [3.63, 3.8) is 0 Å². The van der Waals surface area contributed by atoms with Gasteiger partial charge in [0.05, 0.1) is 16.6 Å². The van der Waals surface area contributed by atoms with Crippen LogP contribution in [0.1, 0.15) is 31.2 Å². The molecule has 2 rings (SSSR count). The molecule has 120 valence electrons. The second kappa shape index (κ2) is 8.06. The fraction of sp³-hybridized carbons (Fsp3) is 0.529. The van der Waals surface area contributed by atoms with Gasteiger partial charge in [0.2, 0.25) is 0 Å². The van der Waals surface area contributed by atoms with E-state index in [4.69, 9.17) is 0 Å². The molecule has 1 aromatic carbocycles. The summed E-state index contributed by atoms with van der Waals surface area (Å²) < 4.78 is 0. The lowest BCUT2D eigenvalue weighted by Crippen LogP contribution is -2.35. The monoisotopic (exact) mass is 304 g/mol. The molecule has 2 unspecified atom stereocenters. The van der Waals surface area contributed by atoms with E-state index in [1.807, 2.05) is 13.1 Å². The number of hydrogen-bond acceptors (Lipinski definition) is 4. The Bertz CT molecular complexity index is 530. The number of aliphatic hydroxyl groups is 1. The van der Waals surface area contributed by atoms with Gasteiger partial charge in [-0.25, -0.2) is 0 Å². The smallest absolute Gasteiger partial charge is 0.276 e. The third kappa shape index (κ3) is 4.64. The summed E-state index contributed by atoms with van der Waals surface area (Å²) in [5.74, 6) is 0.346. The number of rotatable bonds is 6. The maximum Gasteiger partial charge on any atom is 0.276 e. The fourth-order valence-electron chi connectivity index (χ4n) is 3.03. The number of para-hydroxylation sites is 1. The van der Waals surface area contributed by atoms with Gasteiger partial charge in [-0.1, -0.05) is 37.1 Å². The van der Waals surface area contributed by atoms with Crippen molar-refractivity contribution in [2.45, 2.75) is 31.8 Å². The largest absolute Gasteiger partial charge is 0.393 e. The van der Waals surface area contributed by atoms with Gasteiger partial charge >= 0.3 is 0 Å². The Morgan fingerprint density at radius 1 is 1.36 bits per heavy atom. The van der Waals surface area contributed by atoms with Crippen LogP contribution in [0.25, 0.3) is 6.08 Å². The van der Waals surface area contributed by atoms with Crippen LogP contribution < -0.4 is 0 Å². The van der Waals surface area contributed by atoms with Crippen LogP contribution in [0.4, 0.5) is 5.69 Å². The summed E-state index contributed by atoms with van der Waals surface area (Å²) in [7, 11) is 2.02. The normalized spacial score (nSPS) is 22.3. The van der Waals surface area contributed by atoms with Crippen molar-refractivity contribution in [3.8, 4) is 0 Å². The first kappa shape index (κ1) is 16.6. The zero-order valence-corrected chi connectivity index (χ0v) is 13.0. The Hall–Kier alpha value is -1.72. The molecule has 0 heterocycles. The molecule has 1 saturated carbocycles. The fourth-order valence-corrected chi connectivity index (χ4v) is 3.03. The molecule has 0 aromatic heterocycles. The second-order valence-electron chi connectivity index (χ2n) is 6.05. The predicted molar refractivity (Wildman–Crippen MR) is 87.6 cm³/mol. The standard InChI is InChI=1S/C17H24N2O3/c1-18(13-15-8-3-5-11-17(15)20)12-6-9-14-7-2-4-10-16(14)19(21)22/h2,4,6-7,9-10,15,17,20H,3,5,8,11-13H2,1H3/b9-6+. The maximum absolute atomic E-state index is 11.0. The highest BCUT2D eigenvalue weighted by atomic mass is 16.6. The predicted octanol–water partition coefficient (Wildman–Crippen LogP) is 3.09. The van der Waals surface area contributed by atoms with Crippen LogP contribution in [0.5, 0.6) is 0 Å². The molecule has 0 spiro atoms. The first-order valence-corrected chi connectivity index (χ1v) is 7.84. The summed E-state index contributed by atoms with van der Waals surface area (Å²) >= 11 is 0. The van der Waals surface area contributed by atoms with Gasteiger partial charge in [0, 0.05) is 19.2 Å². The average molecular weight is 304 g/mol. The van der Waals surface area contributed by atoms with E-state index in [0.717, 1.165) is 32.4 Å². The number of nitro groups is 1. The molecule has 0 amide bonds. The van der Waals surface area contributed by atoms with E-state index in [2.05, 4.69) is 4.90 Å². The van der Waals surface area contributed by atoms with Crippen molar-refractivity contribution in [3.05, 3.63) is 46.0 Å². The molecule has 0 saturated heterocycles. The second-order valence-corrected chi connectivity index (χ2v) is 6.05. The number of hydrogen-bond donors (Lipinski definition) is 1. The quantitative estimate of drug-likeness (QED) is 0.648. The van der Waals surface area contributed by atoms with Crippen molar-refractivity contribution in [2.24, 2.45) is 5.92 Å². The maximum atomic E-state index is 11.0. The molecule has 5 nitrogen and oxygen atoms in total. The molecule has 1 aliphatic carbocycles. The van der Waals surface area contributed by atoms with Crippen LogP contribution in [0, 0.1) is 16.0 Å². The Morgan fingerprint density at radius 2 is 2.09 bits per heavy atom. The highest BCUT2D eigenvalue weighted by Crippen LogP contribution is 2.25. The molecule has 0 bridgehead atoms. The Labute approximate surface area is 131 Å². The lowest BCUT2D eigenvalue weighted by molar-refractivity contribution is -0.385. The summed E-state index contributed by atoms with van der Waals surface area (Å²) in [6.07, 6.45) is 7.86. The molecule has 1 fully saturated rings. The lowest BCUT2D eigenvalue weighted by atomic mass is 9.86. The Kier molecular flexibility index (Phi) is 6.10. The van der Waals surface area contributed by atoms with Crippen LogP contribution in [-0.2, 0) is 0 Å². The van der Waals surface area contributed by atoms with Crippen molar-refractivity contribution >= 4 is 11.8 Å². The Morgan fingerprint density at radius 3 is 2.82 bits per heavy atom. The van der Waals surface area contributed by atoms with Crippen LogP contribution >= 0.6 is 0 Å². The molecule has 1 aromatic rings. The average Bonchev–Trinajstić information content (AvgIpc) is 2.50. The topological polar surface area (TPSA) is 66.6 Å². The Balaban J connectivity index is 1.88. The highest BCUT2D eigenvalue weighted by molar-refractivity contribution is 5.60. The molecule has 0 radical (unpaired) electrons. The lowest BCUT2D eigenvalue weighted by Gasteiger charge is -2.30. The molecule has 5 heteroatoms. The summed E-state index contributed by atoms with van der Waals surface area (Å²) in [6, 6.07) is 6.74. The summed E-state index contributed by atoms with van der Waals surface area (Å²) in [5.41, 5.74) is 0.753. The van der Waals surface area contributed by atoms with Gasteiger partial charge in [-0.15, -0.1) is 0 Å². The number of nitro benzene ring substituents is 1. The number of aliphatic hydroxyl groups excluding tert-OH is 1. The van der Waals surface area contributed by atoms with Gasteiger partial charge in [-0.2, -0.15) is 0 Å². The van der Waals surface area contributed by atoms with E-state index < -0.39 is 0 Å². The SMILES string of the molecule is CN(C/C=C/c1ccccc1[N+](=O)[O-])CC1CCCCC1O. The number of benzene rings is 1. The van der Waals surface area contributed by atoms with Crippen LogP contribution in [0.2, 0.25) is 0 Å². The van der Waals surface area contributed by atoms with E-state index in [1.54, 1.807) is 24.3 Å². The van der Waals surface area contributed by atoms with Crippen molar-refractivity contribution in [2.75, 3.05) is 20.1 Å². The van der Waals surface area contributed by atoms with E-state index in [9.17, 15) is 15.2 Å². The zero-order chi connectivity index (χ0) is 15.9. The summed E-state index contributed by atoms with van der Waals surface area (Å²) in [5, 5.41) is 21.0. The van der Waals surface area contributed by atoms with E-state index in [0.29, 0.717) is 11.5 Å². The van der Waals surface area contributed by atoms with Crippen molar-refractivity contribution < 1.29 is 10.0 Å². The minimum atomic E-state index is -0.359. The minimum absolute atomic E-state index is 0.129. The van der Waals surface area contributed by atoms with Gasteiger partial charge < -0.3 is 10.0 Å². The van der Waals surface area contributed by atoms with Gasteiger partial charge in [0.1, 0.15) is 0 Å². The highest BCUT2D eigenvalue weighted by Gasteiger charge is 2.23. The first-order valence-electron chi connectivity index (χ1n) is 7.84. The van der Waals surface area contributed by atoms with Crippen LogP contribution in [0.15, 0.2) is 30.3 Å². The van der Waals surface area contributed by atoms with Crippen molar-refractivity contribution in [1.82, 2.24) is 4.90 Å². The summed E-state index contributed by atoms with van der Waals surface area (Å²) in [6.45, 7) is 1.58. The molecule has 1 N–H and O–H groups in total. The molecule has 1 aliphatic rings. The number of nitrogens with zero attached hydrogens (tertiary/aromatic N) is 2. The molecule has 0 aliphatic heterocycles. The minimum Gasteiger partial charge on any atom is -0.393 e. The first-order chi connectivity index (χ1) is 10.6. The molecule has 2 atom stereocenters. The molecular weight excluding hydrogens is 280 g/mol. The molecule has 22 heavy (non-hydrogen) atoms. The van der Waals surface area contributed by atoms with Crippen molar-refractivity contribution in [1.29, 1.82) is 0 Å². The van der Waals surface area contributed by atoms with Gasteiger partial charge in [-0.05, 0) is 31.9 Å². The van der Waals surface area contributed by atoms with E-state index in [1.165, 1.54) is 12.5 Å². The zero-order valence-electron chi connectivity index (χ0n) is 13.0. The van der Waals surface area contributed by atoms with Gasteiger partial charge in [0.15, 0.2) is 0 Å². The van der Waals surface area contributed by atoms with Crippen LogP contribution in [-0.4, -0.2) is 41.2 Å². The third-order valence-corrected chi connectivity index (χ3v) is 4.26. The summed E-state index contributed by atoms with van der Waals surface area (Å²) in [4.78, 5) is 12.7. The third-order valence-electron chi connectivity index (χ3n) is 4.26. The van der Waals surface area contributed by atoms with E-state index >= 15 is 0 Å². The van der Waals surface area contributed by atoms with Gasteiger partial charge in [-0.3, -0.25) is 10.1 Å².